The first-order chi connectivity index (χ1) is 6.16. The topological polar surface area (TPSA) is 50.4 Å². The molecule has 0 radical (unpaired) electrons. The summed E-state index contributed by atoms with van der Waals surface area (Å²) in [6, 6.07) is 0.345. The lowest BCUT2D eigenvalue weighted by Gasteiger charge is -2.08. The number of amides is 1. The standard InChI is InChI=1S/C9H20N2O2/c1-4-13-6-5-10-9(12)7-11-8(2)3/h8,11H,4-7H2,1-3H3,(H,10,12). The number of hydrogen-bond acceptors (Lipinski definition) is 3. The molecule has 0 spiro atoms. The minimum atomic E-state index is 0.0217. The second-order valence-corrected chi connectivity index (χ2v) is 3.08. The largest absolute Gasteiger partial charge is 0.380 e. The Balaban J connectivity index is 3.20. The van der Waals surface area contributed by atoms with Gasteiger partial charge in [0.05, 0.1) is 13.2 Å². The zero-order valence-electron chi connectivity index (χ0n) is 8.72. The van der Waals surface area contributed by atoms with Gasteiger partial charge in [-0.1, -0.05) is 13.8 Å². The highest BCUT2D eigenvalue weighted by atomic mass is 16.5. The van der Waals surface area contributed by atoms with Crippen molar-refractivity contribution in [1.29, 1.82) is 0 Å². The Labute approximate surface area is 80.0 Å². The Morgan fingerprint density at radius 2 is 2.15 bits per heavy atom. The van der Waals surface area contributed by atoms with Gasteiger partial charge in [0.15, 0.2) is 0 Å². The van der Waals surface area contributed by atoms with Crippen LogP contribution in [0.25, 0.3) is 0 Å². The van der Waals surface area contributed by atoms with Crippen molar-refractivity contribution in [2.75, 3.05) is 26.3 Å². The van der Waals surface area contributed by atoms with Crippen LogP contribution in [-0.4, -0.2) is 38.3 Å². The van der Waals surface area contributed by atoms with Crippen LogP contribution in [0.1, 0.15) is 20.8 Å². The van der Waals surface area contributed by atoms with Crippen molar-refractivity contribution < 1.29 is 9.53 Å². The van der Waals surface area contributed by atoms with Crippen molar-refractivity contribution in [2.24, 2.45) is 0 Å². The molecule has 0 aromatic rings. The molecule has 4 heteroatoms. The Morgan fingerprint density at radius 3 is 2.69 bits per heavy atom. The van der Waals surface area contributed by atoms with Gasteiger partial charge in [0.2, 0.25) is 5.91 Å². The summed E-state index contributed by atoms with van der Waals surface area (Å²) < 4.78 is 5.07. The molecule has 0 bridgehead atoms. The van der Waals surface area contributed by atoms with E-state index in [4.69, 9.17) is 4.74 Å². The molecule has 0 rings (SSSR count). The van der Waals surface area contributed by atoms with Crippen molar-refractivity contribution in [3.63, 3.8) is 0 Å². The van der Waals surface area contributed by atoms with Crippen LogP contribution in [0, 0.1) is 0 Å². The molecule has 4 nitrogen and oxygen atoms in total. The number of carbonyl (C=O) groups excluding carboxylic acids is 1. The van der Waals surface area contributed by atoms with Gasteiger partial charge in [-0.3, -0.25) is 4.79 Å². The molecule has 0 aromatic heterocycles. The molecule has 0 fully saturated rings. The SMILES string of the molecule is CCOCCNC(=O)CNC(C)C. The Bertz CT molecular complexity index is 138. The summed E-state index contributed by atoms with van der Waals surface area (Å²) >= 11 is 0. The van der Waals surface area contributed by atoms with E-state index >= 15 is 0 Å². The summed E-state index contributed by atoms with van der Waals surface area (Å²) in [5.74, 6) is 0.0217. The molecule has 0 aliphatic heterocycles. The van der Waals surface area contributed by atoms with Gasteiger partial charge in [-0.15, -0.1) is 0 Å². The summed E-state index contributed by atoms with van der Waals surface area (Å²) in [5.41, 5.74) is 0. The summed E-state index contributed by atoms with van der Waals surface area (Å²) in [6.45, 7) is 8.20. The highest BCUT2D eigenvalue weighted by molar-refractivity contribution is 5.77. The molecule has 1 amide bonds. The summed E-state index contributed by atoms with van der Waals surface area (Å²) in [7, 11) is 0. The van der Waals surface area contributed by atoms with Crippen LogP contribution in [0.5, 0.6) is 0 Å². The average molecular weight is 188 g/mol. The van der Waals surface area contributed by atoms with E-state index in [1.54, 1.807) is 0 Å². The van der Waals surface area contributed by atoms with Crippen LogP contribution in [0.3, 0.4) is 0 Å². The maximum Gasteiger partial charge on any atom is 0.234 e. The predicted molar refractivity (Wildman–Crippen MR) is 52.6 cm³/mol. The molecule has 0 saturated carbocycles. The summed E-state index contributed by atoms with van der Waals surface area (Å²) in [6.07, 6.45) is 0. The first kappa shape index (κ1) is 12.4. The van der Waals surface area contributed by atoms with Gasteiger partial charge in [0.1, 0.15) is 0 Å². The molecular formula is C9H20N2O2. The van der Waals surface area contributed by atoms with Gasteiger partial charge < -0.3 is 15.4 Å². The van der Waals surface area contributed by atoms with Crippen molar-refractivity contribution >= 4 is 5.91 Å². The number of carbonyl (C=O) groups is 1. The zero-order chi connectivity index (χ0) is 10.1. The third-order valence-electron chi connectivity index (χ3n) is 1.44. The third-order valence-corrected chi connectivity index (χ3v) is 1.44. The van der Waals surface area contributed by atoms with Crippen LogP contribution in [0.15, 0.2) is 0 Å². The molecule has 0 heterocycles. The van der Waals surface area contributed by atoms with E-state index in [0.29, 0.717) is 32.3 Å². The first-order valence-corrected chi connectivity index (χ1v) is 4.74. The fourth-order valence-corrected chi connectivity index (χ4v) is 0.766. The molecule has 0 saturated heterocycles. The van der Waals surface area contributed by atoms with E-state index in [1.807, 2.05) is 20.8 Å². The molecule has 78 valence electrons. The maximum atomic E-state index is 11.1. The highest BCUT2D eigenvalue weighted by Crippen LogP contribution is 1.75. The number of ether oxygens (including phenoxy) is 1. The number of hydrogen-bond donors (Lipinski definition) is 2. The van der Waals surface area contributed by atoms with Gasteiger partial charge in [-0.05, 0) is 6.92 Å². The lowest BCUT2D eigenvalue weighted by molar-refractivity contribution is -0.120. The lowest BCUT2D eigenvalue weighted by Crippen LogP contribution is -2.38. The van der Waals surface area contributed by atoms with Crippen molar-refractivity contribution in [2.45, 2.75) is 26.8 Å². The van der Waals surface area contributed by atoms with E-state index in [2.05, 4.69) is 10.6 Å². The van der Waals surface area contributed by atoms with Gasteiger partial charge in [0, 0.05) is 19.2 Å². The number of rotatable bonds is 7. The Hall–Kier alpha value is -0.610. The predicted octanol–water partition coefficient (Wildman–Crippen LogP) is 0.137. The lowest BCUT2D eigenvalue weighted by atomic mass is 10.4. The highest BCUT2D eigenvalue weighted by Gasteiger charge is 2.00. The van der Waals surface area contributed by atoms with E-state index in [1.165, 1.54) is 0 Å². The second-order valence-electron chi connectivity index (χ2n) is 3.08. The van der Waals surface area contributed by atoms with E-state index in [-0.39, 0.29) is 5.91 Å². The molecule has 2 N–H and O–H groups in total. The van der Waals surface area contributed by atoms with Gasteiger partial charge in [-0.25, -0.2) is 0 Å². The van der Waals surface area contributed by atoms with Crippen LogP contribution < -0.4 is 10.6 Å². The van der Waals surface area contributed by atoms with Crippen molar-refractivity contribution in [1.82, 2.24) is 10.6 Å². The molecule has 0 atom stereocenters. The molecule has 13 heavy (non-hydrogen) atoms. The van der Waals surface area contributed by atoms with Crippen LogP contribution in [0.4, 0.5) is 0 Å². The van der Waals surface area contributed by atoms with Crippen molar-refractivity contribution in [3.8, 4) is 0 Å². The zero-order valence-corrected chi connectivity index (χ0v) is 8.72. The average Bonchev–Trinajstić information content (AvgIpc) is 2.09. The van der Waals surface area contributed by atoms with Gasteiger partial charge in [-0.2, -0.15) is 0 Å². The summed E-state index contributed by atoms with van der Waals surface area (Å²) in [5, 5.41) is 5.78. The van der Waals surface area contributed by atoms with Gasteiger partial charge in [0.25, 0.3) is 0 Å². The van der Waals surface area contributed by atoms with Crippen molar-refractivity contribution in [3.05, 3.63) is 0 Å². The first-order valence-electron chi connectivity index (χ1n) is 4.74. The van der Waals surface area contributed by atoms with E-state index in [9.17, 15) is 4.79 Å². The number of nitrogens with one attached hydrogen (secondary N) is 2. The van der Waals surface area contributed by atoms with E-state index in [0.717, 1.165) is 0 Å². The minimum absolute atomic E-state index is 0.0217. The Morgan fingerprint density at radius 1 is 1.46 bits per heavy atom. The quantitative estimate of drug-likeness (QED) is 0.559. The minimum Gasteiger partial charge on any atom is -0.380 e. The monoisotopic (exact) mass is 188 g/mol. The van der Waals surface area contributed by atoms with Crippen LogP contribution >= 0.6 is 0 Å². The van der Waals surface area contributed by atoms with E-state index < -0.39 is 0 Å². The Kier molecular flexibility index (Phi) is 7.63. The normalized spacial score (nSPS) is 10.5. The molecule has 0 aromatic carbocycles. The molecule has 0 aliphatic carbocycles. The van der Waals surface area contributed by atoms with Crippen LogP contribution in [-0.2, 0) is 9.53 Å². The second kappa shape index (κ2) is 8.01. The fraction of sp³-hybridized carbons (Fsp3) is 0.889. The molecule has 0 aliphatic rings. The van der Waals surface area contributed by atoms with Crippen LogP contribution in [0.2, 0.25) is 0 Å². The molecule has 0 unspecified atom stereocenters. The summed E-state index contributed by atoms with van der Waals surface area (Å²) in [4.78, 5) is 11.1. The molecular weight excluding hydrogens is 168 g/mol. The maximum absolute atomic E-state index is 11.1. The fourth-order valence-electron chi connectivity index (χ4n) is 0.766. The smallest absolute Gasteiger partial charge is 0.234 e. The van der Waals surface area contributed by atoms with Gasteiger partial charge >= 0.3 is 0 Å². The third kappa shape index (κ3) is 9.30.